The summed E-state index contributed by atoms with van der Waals surface area (Å²) in [7, 11) is -3.55. The van der Waals surface area contributed by atoms with Gasteiger partial charge in [-0.15, -0.1) is 6.42 Å². The second kappa shape index (κ2) is 6.70. The number of rotatable bonds is 6. The fourth-order valence-electron chi connectivity index (χ4n) is 0.663. The van der Waals surface area contributed by atoms with Gasteiger partial charge in [-0.05, 0) is 6.42 Å². The Morgan fingerprint density at radius 2 is 2.23 bits per heavy atom. The third-order valence-electron chi connectivity index (χ3n) is 1.29. The molecule has 0 saturated carbocycles. The van der Waals surface area contributed by atoms with E-state index < -0.39 is 10.1 Å². The van der Waals surface area contributed by atoms with Gasteiger partial charge in [0.15, 0.2) is 0 Å². The Kier molecular flexibility index (Phi) is 6.29. The second-order valence-electron chi connectivity index (χ2n) is 2.47. The Morgan fingerprint density at radius 1 is 1.54 bits per heavy atom. The first kappa shape index (κ1) is 12.2. The predicted octanol–water partition coefficient (Wildman–Crippen LogP) is 1.67. The van der Waals surface area contributed by atoms with E-state index in [1.54, 1.807) is 6.08 Å². The molecule has 0 N–H and O–H groups in total. The monoisotopic (exact) mass is 202 g/mol. The Balaban J connectivity index is 3.89. The van der Waals surface area contributed by atoms with Crippen molar-refractivity contribution < 1.29 is 12.6 Å². The van der Waals surface area contributed by atoms with Gasteiger partial charge in [-0.2, -0.15) is 8.42 Å². The summed E-state index contributed by atoms with van der Waals surface area (Å²) < 4.78 is 26.3. The quantitative estimate of drug-likeness (QED) is 0.374. The number of hydrogen-bond acceptors (Lipinski definition) is 3. The van der Waals surface area contributed by atoms with Crippen molar-refractivity contribution in [3.8, 4) is 12.3 Å². The normalized spacial score (nSPS) is 11.7. The average Bonchev–Trinajstić information content (AvgIpc) is 2.09. The molecule has 0 amide bonds. The summed E-state index contributed by atoms with van der Waals surface area (Å²) in [6, 6.07) is 0. The highest BCUT2D eigenvalue weighted by Crippen LogP contribution is 1.99. The van der Waals surface area contributed by atoms with Gasteiger partial charge in [0.05, 0.1) is 5.41 Å². The summed E-state index contributed by atoms with van der Waals surface area (Å²) in [6.07, 6.45) is 9.18. The van der Waals surface area contributed by atoms with Crippen LogP contribution in [0.15, 0.2) is 11.5 Å². The third-order valence-corrected chi connectivity index (χ3v) is 2.27. The summed E-state index contributed by atoms with van der Waals surface area (Å²) in [5.41, 5.74) is 0. The first-order valence-corrected chi connectivity index (χ1v) is 5.59. The van der Waals surface area contributed by atoms with Gasteiger partial charge in [-0.3, -0.25) is 4.18 Å². The van der Waals surface area contributed by atoms with Crippen LogP contribution in [0.25, 0.3) is 0 Å². The van der Waals surface area contributed by atoms with Crippen LogP contribution in [0, 0.1) is 12.3 Å². The molecule has 0 rings (SSSR count). The van der Waals surface area contributed by atoms with Gasteiger partial charge >= 0.3 is 0 Å². The molecule has 4 heteroatoms. The molecule has 0 bridgehead atoms. The maximum atomic E-state index is 10.9. The number of allylic oxidation sites excluding steroid dienone is 1. The third kappa shape index (κ3) is 7.57. The van der Waals surface area contributed by atoms with Crippen LogP contribution in [0.1, 0.15) is 26.2 Å². The highest BCUT2D eigenvalue weighted by Gasteiger charge is 2.02. The lowest BCUT2D eigenvalue weighted by atomic mass is 10.2. The summed E-state index contributed by atoms with van der Waals surface area (Å²) in [5.74, 6) is 2.09. The van der Waals surface area contributed by atoms with Crippen molar-refractivity contribution in [3.63, 3.8) is 0 Å². The number of hydrogen-bond donors (Lipinski definition) is 0. The van der Waals surface area contributed by atoms with Crippen molar-refractivity contribution in [2.24, 2.45) is 0 Å². The lowest BCUT2D eigenvalue weighted by Crippen LogP contribution is -2.01. The molecule has 13 heavy (non-hydrogen) atoms. The first-order valence-electron chi connectivity index (χ1n) is 4.12. The van der Waals surface area contributed by atoms with E-state index in [0.717, 1.165) is 24.7 Å². The van der Waals surface area contributed by atoms with Gasteiger partial charge in [-0.25, -0.2) is 0 Å². The van der Waals surface area contributed by atoms with E-state index in [-0.39, 0.29) is 6.61 Å². The van der Waals surface area contributed by atoms with Crippen molar-refractivity contribution in [3.05, 3.63) is 11.5 Å². The number of terminal acetylenes is 1. The van der Waals surface area contributed by atoms with Gasteiger partial charge in [0.2, 0.25) is 0 Å². The van der Waals surface area contributed by atoms with Crippen LogP contribution < -0.4 is 0 Å². The predicted molar refractivity (Wildman–Crippen MR) is 52.4 cm³/mol. The van der Waals surface area contributed by atoms with Crippen LogP contribution in [0.4, 0.5) is 0 Å². The molecule has 0 spiro atoms. The fraction of sp³-hybridized carbons (Fsp3) is 0.556. The van der Waals surface area contributed by atoms with Crippen LogP contribution >= 0.6 is 0 Å². The molecule has 0 atom stereocenters. The van der Waals surface area contributed by atoms with E-state index in [4.69, 9.17) is 6.42 Å². The molecule has 0 aromatic rings. The molecule has 0 aromatic carbocycles. The Labute approximate surface area is 79.9 Å². The van der Waals surface area contributed by atoms with Crippen molar-refractivity contribution >= 4 is 10.1 Å². The molecule has 0 fully saturated rings. The number of unbranched alkanes of at least 4 members (excludes halogenated alkanes) is 2. The molecule has 0 aromatic heterocycles. The highest BCUT2D eigenvalue weighted by molar-refractivity contribution is 7.89. The van der Waals surface area contributed by atoms with Crippen molar-refractivity contribution in [2.45, 2.75) is 26.2 Å². The van der Waals surface area contributed by atoms with Gasteiger partial charge in [0.1, 0.15) is 6.61 Å². The van der Waals surface area contributed by atoms with Crippen LogP contribution in [0.5, 0.6) is 0 Å². The Bertz CT molecular complexity index is 282. The molecule has 0 unspecified atom stereocenters. The van der Waals surface area contributed by atoms with E-state index in [2.05, 4.69) is 10.1 Å². The van der Waals surface area contributed by atoms with E-state index in [0.29, 0.717) is 0 Å². The lowest BCUT2D eigenvalue weighted by Gasteiger charge is -1.95. The molecule has 0 aliphatic rings. The minimum atomic E-state index is -3.55. The molecule has 0 saturated heterocycles. The largest absolute Gasteiger partial charge is 0.290 e. The zero-order chi connectivity index (χ0) is 10.2. The second-order valence-corrected chi connectivity index (χ2v) is 3.97. The zero-order valence-electron chi connectivity index (χ0n) is 7.69. The van der Waals surface area contributed by atoms with E-state index in [1.807, 2.05) is 6.92 Å². The topological polar surface area (TPSA) is 43.4 Å². The molecular weight excluding hydrogens is 188 g/mol. The lowest BCUT2D eigenvalue weighted by molar-refractivity contribution is 0.370. The van der Waals surface area contributed by atoms with Gasteiger partial charge in [-0.1, -0.05) is 31.8 Å². The molecule has 0 aliphatic heterocycles. The summed E-state index contributed by atoms with van der Waals surface area (Å²) in [4.78, 5) is 0. The van der Waals surface area contributed by atoms with Crippen LogP contribution in [-0.2, 0) is 14.3 Å². The maximum absolute atomic E-state index is 10.9. The van der Waals surface area contributed by atoms with Crippen molar-refractivity contribution in [2.75, 3.05) is 6.61 Å². The Hall–Kier alpha value is -0.790. The summed E-state index contributed by atoms with van der Waals surface area (Å²) >= 11 is 0. The highest BCUT2D eigenvalue weighted by atomic mass is 32.2. The summed E-state index contributed by atoms with van der Waals surface area (Å²) in [6.45, 7) is 1.83. The van der Waals surface area contributed by atoms with Crippen LogP contribution in [0.3, 0.4) is 0 Å². The molecule has 0 aliphatic carbocycles. The first-order chi connectivity index (χ1) is 6.12. The van der Waals surface area contributed by atoms with Gasteiger partial charge < -0.3 is 0 Å². The molecular formula is C9H14O3S. The van der Waals surface area contributed by atoms with Crippen LogP contribution in [0.2, 0.25) is 0 Å². The molecule has 74 valence electrons. The van der Waals surface area contributed by atoms with Crippen LogP contribution in [-0.4, -0.2) is 15.0 Å². The van der Waals surface area contributed by atoms with Gasteiger partial charge in [0, 0.05) is 0 Å². The standard InChI is InChI=1S/C9H14O3S/c1-3-5-6-7-9-13(10,11)12-8-4-2/h2,7,9H,3,5-6,8H2,1H3. The minimum absolute atomic E-state index is 0.208. The maximum Gasteiger partial charge on any atom is 0.290 e. The summed E-state index contributed by atoms with van der Waals surface area (Å²) in [5, 5.41) is 1.06. The zero-order valence-corrected chi connectivity index (χ0v) is 8.51. The average molecular weight is 202 g/mol. The molecule has 3 nitrogen and oxygen atoms in total. The van der Waals surface area contributed by atoms with Crippen molar-refractivity contribution in [1.82, 2.24) is 0 Å². The smallest absolute Gasteiger partial charge is 0.254 e. The van der Waals surface area contributed by atoms with E-state index >= 15 is 0 Å². The fourth-order valence-corrected chi connectivity index (χ4v) is 1.35. The molecule has 0 heterocycles. The Morgan fingerprint density at radius 3 is 2.77 bits per heavy atom. The SMILES string of the molecule is C#CCOS(=O)(=O)C=CCCCC. The van der Waals surface area contributed by atoms with Crippen molar-refractivity contribution in [1.29, 1.82) is 0 Å². The van der Waals surface area contributed by atoms with Gasteiger partial charge in [0.25, 0.3) is 10.1 Å². The minimum Gasteiger partial charge on any atom is -0.254 e. The van der Waals surface area contributed by atoms with E-state index in [9.17, 15) is 8.42 Å². The molecule has 0 radical (unpaired) electrons. The van der Waals surface area contributed by atoms with E-state index in [1.165, 1.54) is 0 Å².